The van der Waals surface area contributed by atoms with E-state index in [4.69, 9.17) is 0 Å². The molecular formula is C10H17O. The van der Waals surface area contributed by atoms with E-state index < -0.39 is 0 Å². The molecule has 2 aliphatic rings. The fourth-order valence-corrected chi connectivity index (χ4v) is 3.05. The van der Waals surface area contributed by atoms with Crippen LogP contribution in [-0.4, -0.2) is 6.61 Å². The molecule has 2 saturated carbocycles. The molecule has 0 heterocycles. The number of rotatable bonds is 1. The average molecular weight is 153 g/mol. The van der Waals surface area contributed by atoms with Gasteiger partial charge >= 0.3 is 0 Å². The maximum Gasteiger partial charge on any atom is 0.0850 e. The molecule has 63 valence electrons. The monoisotopic (exact) mass is 153 g/mol. The standard InChI is InChI=1S/C10H17O/c11-8-9-3-6-10(7-9)4-1-2-5-10/h9H,1-8H2. The van der Waals surface area contributed by atoms with E-state index in [1.54, 1.807) is 0 Å². The zero-order chi connectivity index (χ0) is 7.73. The van der Waals surface area contributed by atoms with Gasteiger partial charge in [0.25, 0.3) is 0 Å². The molecule has 0 aromatic heterocycles. The number of hydrogen-bond acceptors (Lipinski definition) is 0. The SMILES string of the molecule is [O]CC1CCC2(CCCC2)C1. The molecule has 1 heteroatoms. The summed E-state index contributed by atoms with van der Waals surface area (Å²) < 4.78 is 0. The Kier molecular flexibility index (Phi) is 1.92. The van der Waals surface area contributed by atoms with Crippen LogP contribution in [0.2, 0.25) is 0 Å². The van der Waals surface area contributed by atoms with E-state index in [1.165, 1.54) is 44.9 Å². The van der Waals surface area contributed by atoms with E-state index >= 15 is 0 Å². The Hall–Kier alpha value is -0.0400. The highest BCUT2D eigenvalue weighted by Gasteiger charge is 2.40. The van der Waals surface area contributed by atoms with Crippen molar-refractivity contribution >= 4 is 0 Å². The largest absolute Gasteiger partial charge is 0.236 e. The van der Waals surface area contributed by atoms with Gasteiger partial charge in [0.05, 0.1) is 6.61 Å². The summed E-state index contributed by atoms with van der Waals surface area (Å²) in [7, 11) is 0. The van der Waals surface area contributed by atoms with Crippen molar-refractivity contribution in [1.29, 1.82) is 0 Å². The Labute approximate surface area is 68.8 Å². The lowest BCUT2D eigenvalue weighted by molar-refractivity contribution is 0.137. The van der Waals surface area contributed by atoms with Gasteiger partial charge < -0.3 is 0 Å². The van der Waals surface area contributed by atoms with Gasteiger partial charge in [-0.3, -0.25) is 0 Å². The summed E-state index contributed by atoms with van der Waals surface area (Å²) in [5.74, 6) is 0.535. The van der Waals surface area contributed by atoms with E-state index in [-0.39, 0.29) is 6.61 Å². The summed E-state index contributed by atoms with van der Waals surface area (Å²) in [6.07, 6.45) is 9.53. The van der Waals surface area contributed by atoms with Crippen LogP contribution in [0.5, 0.6) is 0 Å². The van der Waals surface area contributed by atoms with E-state index in [0.29, 0.717) is 11.3 Å². The highest BCUT2D eigenvalue weighted by Crippen LogP contribution is 2.52. The van der Waals surface area contributed by atoms with Crippen LogP contribution in [0.15, 0.2) is 0 Å². The van der Waals surface area contributed by atoms with Crippen molar-refractivity contribution in [3.8, 4) is 0 Å². The van der Waals surface area contributed by atoms with Gasteiger partial charge in [-0.15, -0.1) is 0 Å². The van der Waals surface area contributed by atoms with Crippen LogP contribution in [0.4, 0.5) is 0 Å². The van der Waals surface area contributed by atoms with Gasteiger partial charge in [0.15, 0.2) is 0 Å². The second kappa shape index (κ2) is 2.78. The fraction of sp³-hybridized carbons (Fsp3) is 1.00. The Morgan fingerprint density at radius 3 is 2.45 bits per heavy atom. The van der Waals surface area contributed by atoms with Gasteiger partial charge in [-0.2, -0.15) is 0 Å². The van der Waals surface area contributed by atoms with Crippen LogP contribution in [0, 0.1) is 11.3 Å². The minimum Gasteiger partial charge on any atom is -0.236 e. The second-order valence-corrected chi connectivity index (χ2v) is 4.48. The molecule has 0 aromatic rings. The zero-order valence-electron chi connectivity index (χ0n) is 7.14. The van der Waals surface area contributed by atoms with Crippen molar-refractivity contribution in [2.75, 3.05) is 6.61 Å². The third-order valence-electron chi connectivity index (χ3n) is 3.70. The molecule has 0 N–H and O–H groups in total. The van der Waals surface area contributed by atoms with Gasteiger partial charge in [-0.1, -0.05) is 12.8 Å². The smallest absolute Gasteiger partial charge is 0.0850 e. The molecular weight excluding hydrogens is 136 g/mol. The Balaban J connectivity index is 1.96. The van der Waals surface area contributed by atoms with Gasteiger partial charge in [0, 0.05) is 0 Å². The van der Waals surface area contributed by atoms with Gasteiger partial charge in [0.2, 0.25) is 0 Å². The quantitative estimate of drug-likeness (QED) is 0.552. The molecule has 0 bridgehead atoms. The van der Waals surface area contributed by atoms with Crippen molar-refractivity contribution < 1.29 is 5.11 Å². The zero-order valence-corrected chi connectivity index (χ0v) is 7.14. The van der Waals surface area contributed by atoms with E-state index in [2.05, 4.69) is 0 Å². The summed E-state index contributed by atoms with van der Waals surface area (Å²) in [4.78, 5) is 0. The minimum absolute atomic E-state index is 0.182. The lowest BCUT2D eigenvalue weighted by Gasteiger charge is -2.21. The highest BCUT2D eigenvalue weighted by atomic mass is 16.3. The number of hydrogen-bond donors (Lipinski definition) is 0. The molecule has 2 aliphatic carbocycles. The second-order valence-electron chi connectivity index (χ2n) is 4.48. The van der Waals surface area contributed by atoms with Crippen LogP contribution < -0.4 is 0 Å². The summed E-state index contributed by atoms with van der Waals surface area (Å²) >= 11 is 0. The van der Waals surface area contributed by atoms with Gasteiger partial charge in [0.1, 0.15) is 0 Å². The molecule has 0 aromatic carbocycles. The normalized spacial score (nSPS) is 35.2. The van der Waals surface area contributed by atoms with E-state index in [1.807, 2.05) is 0 Å². The fourth-order valence-electron chi connectivity index (χ4n) is 3.05. The molecule has 1 spiro atoms. The van der Waals surface area contributed by atoms with E-state index in [9.17, 15) is 5.11 Å². The summed E-state index contributed by atoms with van der Waals surface area (Å²) in [5.41, 5.74) is 0.662. The molecule has 0 saturated heterocycles. The summed E-state index contributed by atoms with van der Waals surface area (Å²) in [6, 6.07) is 0. The highest BCUT2D eigenvalue weighted by molar-refractivity contribution is 4.91. The topological polar surface area (TPSA) is 19.9 Å². The first-order valence-electron chi connectivity index (χ1n) is 4.93. The minimum atomic E-state index is 0.182. The first-order chi connectivity index (χ1) is 5.35. The maximum absolute atomic E-state index is 10.7. The van der Waals surface area contributed by atoms with Crippen LogP contribution >= 0.6 is 0 Å². The molecule has 1 atom stereocenters. The summed E-state index contributed by atoms with van der Waals surface area (Å²) in [5, 5.41) is 10.7. The molecule has 1 unspecified atom stereocenters. The predicted octanol–water partition coefficient (Wildman–Crippen LogP) is 2.78. The lowest BCUT2D eigenvalue weighted by Crippen LogP contribution is -2.11. The van der Waals surface area contributed by atoms with Crippen molar-refractivity contribution in [3.05, 3.63) is 0 Å². The molecule has 1 nitrogen and oxygen atoms in total. The van der Waals surface area contributed by atoms with Gasteiger partial charge in [-0.05, 0) is 43.4 Å². The van der Waals surface area contributed by atoms with Crippen LogP contribution in [0.3, 0.4) is 0 Å². The van der Waals surface area contributed by atoms with Gasteiger partial charge in [-0.25, -0.2) is 5.11 Å². The van der Waals surface area contributed by atoms with Crippen molar-refractivity contribution in [3.63, 3.8) is 0 Å². The van der Waals surface area contributed by atoms with Crippen molar-refractivity contribution in [2.45, 2.75) is 44.9 Å². The first-order valence-corrected chi connectivity index (χ1v) is 4.93. The Morgan fingerprint density at radius 1 is 1.18 bits per heavy atom. The molecule has 2 rings (SSSR count). The Morgan fingerprint density at radius 2 is 1.91 bits per heavy atom. The molecule has 0 amide bonds. The first kappa shape index (κ1) is 7.60. The molecule has 11 heavy (non-hydrogen) atoms. The van der Waals surface area contributed by atoms with Crippen LogP contribution in [-0.2, 0) is 5.11 Å². The lowest BCUT2D eigenvalue weighted by atomic mass is 9.84. The molecule has 0 aliphatic heterocycles. The van der Waals surface area contributed by atoms with Crippen molar-refractivity contribution in [1.82, 2.24) is 0 Å². The third kappa shape index (κ3) is 1.31. The van der Waals surface area contributed by atoms with Crippen LogP contribution in [0.25, 0.3) is 0 Å². The van der Waals surface area contributed by atoms with Crippen LogP contribution in [0.1, 0.15) is 44.9 Å². The van der Waals surface area contributed by atoms with Crippen molar-refractivity contribution in [2.24, 2.45) is 11.3 Å². The Bertz CT molecular complexity index is 136. The van der Waals surface area contributed by atoms with E-state index in [0.717, 1.165) is 0 Å². The average Bonchev–Trinajstić information content (AvgIpc) is 2.62. The predicted molar refractivity (Wildman–Crippen MR) is 43.8 cm³/mol. The maximum atomic E-state index is 10.7. The third-order valence-corrected chi connectivity index (χ3v) is 3.70. The molecule has 1 radical (unpaired) electrons. The summed E-state index contributed by atoms with van der Waals surface area (Å²) in [6.45, 7) is 0.182. The molecule has 2 fully saturated rings.